The molecule has 2 aromatic carbocycles. The fourth-order valence-corrected chi connectivity index (χ4v) is 4.05. The van der Waals surface area contributed by atoms with Crippen molar-refractivity contribution in [1.29, 1.82) is 0 Å². The molecule has 2 aromatic rings. The van der Waals surface area contributed by atoms with Crippen molar-refractivity contribution < 1.29 is 28.9 Å². The predicted molar refractivity (Wildman–Crippen MR) is 110 cm³/mol. The highest BCUT2D eigenvalue weighted by molar-refractivity contribution is 5.99. The minimum Gasteiger partial charge on any atom is -0.487 e. The number of benzene rings is 2. The molecule has 8 heteroatoms. The number of carbonyl (C=O) groups is 2. The van der Waals surface area contributed by atoms with E-state index in [1.807, 2.05) is 24.3 Å². The Hall–Kier alpha value is -3.10. The third-order valence-corrected chi connectivity index (χ3v) is 5.41. The van der Waals surface area contributed by atoms with Crippen LogP contribution in [0.1, 0.15) is 24.3 Å². The van der Waals surface area contributed by atoms with E-state index in [2.05, 4.69) is 10.6 Å². The molecule has 158 valence electrons. The molecule has 0 saturated carbocycles. The molecule has 2 aliphatic heterocycles. The second-order valence-corrected chi connectivity index (χ2v) is 7.38. The Balaban J connectivity index is 1.49. The Labute approximate surface area is 174 Å². The highest BCUT2D eigenvalue weighted by Crippen LogP contribution is 2.47. The van der Waals surface area contributed by atoms with Gasteiger partial charge in [-0.3, -0.25) is 4.79 Å². The van der Waals surface area contributed by atoms with Gasteiger partial charge in [0.05, 0.1) is 26.2 Å². The van der Waals surface area contributed by atoms with Crippen molar-refractivity contribution in [1.82, 2.24) is 0 Å². The number of rotatable bonds is 5. The predicted octanol–water partition coefficient (Wildman–Crippen LogP) is 2.89. The zero-order valence-corrected chi connectivity index (χ0v) is 16.5. The summed E-state index contributed by atoms with van der Waals surface area (Å²) in [6, 6.07) is 14.3. The summed E-state index contributed by atoms with van der Waals surface area (Å²) in [6.07, 6.45) is -0.578. The number of aliphatic hydroxyl groups is 1. The lowest BCUT2D eigenvalue weighted by molar-refractivity contribution is -0.156. The van der Waals surface area contributed by atoms with E-state index in [1.165, 1.54) is 7.11 Å². The Morgan fingerprint density at radius 3 is 2.63 bits per heavy atom. The van der Waals surface area contributed by atoms with E-state index in [0.29, 0.717) is 23.5 Å². The molecule has 8 nitrogen and oxygen atoms in total. The van der Waals surface area contributed by atoms with Gasteiger partial charge in [0.2, 0.25) is 0 Å². The van der Waals surface area contributed by atoms with Crippen molar-refractivity contribution in [3.05, 3.63) is 54.1 Å². The maximum atomic E-state index is 12.3. The van der Waals surface area contributed by atoms with E-state index in [0.717, 1.165) is 5.56 Å². The summed E-state index contributed by atoms with van der Waals surface area (Å²) in [7, 11) is 1.34. The van der Waals surface area contributed by atoms with E-state index in [4.69, 9.17) is 14.2 Å². The zero-order valence-electron chi connectivity index (χ0n) is 16.5. The monoisotopic (exact) mass is 412 g/mol. The van der Waals surface area contributed by atoms with Gasteiger partial charge in [0.25, 0.3) is 0 Å². The van der Waals surface area contributed by atoms with Crippen molar-refractivity contribution >= 4 is 23.4 Å². The van der Waals surface area contributed by atoms with Crippen LogP contribution in [0, 0.1) is 0 Å². The van der Waals surface area contributed by atoms with Crippen molar-refractivity contribution in [3.8, 4) is 5.75 Å². The minimum atomic E-state index is -0.538. The average Bonchev–Trinajstić information content (AvgIpc) is 3.11. The number of carbonyl (C=O) groups excluding carboxylic acids is 2. The summed E-state index contributed by atoms with van der Waals surface area (Å²) < 4.78 is 16.6. The van der Waals surface area contributed by atoms with Gasteiger partial charge in [-0.25, -0.2) is 4.79 Å². The first-order valence-corrected chi connectivity index (χ1v) is 9.84. The standard InChI is InChI=1S/C22H24N2O6/c1-28-20(26)11-15-10-17-16-9-14(24-22(27)23-13-5-3-2-4-6-13)7-8-18(16)30-21(17)19(12-25)29-15/h2-9,15,17,19,21,25H,10-12H2,1H3,(H2,23,24,27)/t15-,17+,19+,21-/m0/s1. The van der Waals surface area contributed by atoms with Crippen LogP contribution in [0.15, 0.2) is 48.5 Å². The van der Waals surface area contributed by atoms with Crippen molar-refractivity contribution in [3.63, 3.8) is 0 Å². The van der Waals surface area contributed by atoms with Crippen LogP contribution in [0.5, 0.6) is 5.75 Å². The van der Waals surface area contributed by atoms with Gasteiger partial charge in [-0.2, -0.15) is 0 Å². The fraction of sp³-hybridized carbons (Fsp3) is 0.364. The molecule has 30 heavy (non-hydrogen) atoms. The summed E-state index contributed by atoms with van der Waals surface area (Å²) in [6.45, 7) is -0.211. The normalized spacial score (nSPS) is 24.2. The Bertz CT molecular complexity index is 919. The molecule has 0 aromatic heterocycles. The molecule has 3 N–H and O–H groups in total. The van der Waals surface area contributed by atoms with E-state index in [9.17, 15) is 14.7 Å². The smallest absolute Gasteiger partial charge is 0.323 e. The number of nitrogens with one attached hydrogen (secondary N) is 2. The molecule has 0 aliphatic carbocycles. The van der Waals surface area contributed by atoms with Gasteiger partial charge >= 0.3 is 12.0 Å². The minimum absolute atomic E-state index is 0.0560. The van der Waals surface area contributed by atoms with Crippen molar-refractivity contribution in [2.75, 3.05) is 24.4 Å². The van der Waals surface area contributed by atoms with Crippen LogP contribution in [0.2, 0.25) is 0 Å². The van der Waals surface area contributed by atoms with Gasteiger partial charge in [-0.15, -0.1) is 0 Å². The molecule has 1 fully saturated rings. The number of urea groups is 1. The first kappa shape index (κ1) is 20.2. The molecule has 1 saturated heterocycles. The average molecular weight is 412 g/mol. The van der Waals surface area contributed by atoms with Gasteiger partial charge in [0.15, 0.2) is 0 Å². The van der Waals surface area contributed by atoms with E-state index in [1.54, 1.807) is 24.3 Å². The molecule has 4 rings (SSSR count). The SMILES string of the molecule is COC(=O)C[C@@H]1C[C@@H]2c3cc(NC(=O)Nc4ccccc4)ccc3O[C@@H]2[C@@H](CO)O1. The lowest BCUT2D eigenvalue weighted by atomic mass is 9.84. The topological polar surface area (TPSA) is 106 Å². The number of anilines is 2. The molecule has 0 bridgehead atoms. The molecular weight excluding hydrogens is 388 g/mol. The Kier molecular flexibility index (Phi) is 5.87. The van der Waals surface area contributed by atoms with Gasteiger partial charge in [-0.1, -0.05) is 18.2 Å². The number of para-hydroxylation sites is 1. The molecule has 0 unspecified atom stereocenters. The largest absolute Gasteiger partial charge is 0.487 e. The molecule has 4 atom stereocenters. The molecule has 2 heterocycles. The first-order valence-electron chi connectivity index (χ1n) is 9.84. The van der Waals surface area contributed by atoms with E-state index in [-0.39, 0.29) is 43.2 Å². The maximum absolute atomic E-state index is 12.3. The van der Waals surface area contributed by atoms with Gasteiger partial charge in [0.1, 0.15) is 18.0 Å². The van der Waals surface area contributed by atoms with Gasteiger partial charge < -0.3 is 30.0 Å². The quantitative estimate of drug-likeness (QED) is 0.652. The number of amides is 2. The number of esters is 1. The molecule has 2 amide bonds. The highest BCUT2D eigenvalue weighted by Gasteiger charge is 2.46. The van der Waals surface area contributed by atoms with Crippen LogP contribution in [-0.4, -0.2) is 49.1 Å². The summed E-state index contributed by atoms with van der Waals surface area (Å²) in [5.41, 5.74) is 2.25. The van der Waals surface area contributed by atoms with Crippen LogP contribution in [0.4, 0.5) is 16.2 Å². The fourth-order valence-electron chi connectivity index (χ4n) is 4.05. The van der Waals surface area contributed by atoms with Crippen LogP contribution >= 0.6 is 0 Å². The van der Waals surface area contributed by atoms with E-state index < -0.39 is 6.10 Å². The Morgan fingerprint density at radius 2 is 1.90 bits per heavy atom. The molecule has 2 aliphatic rings. The molecule has 0 radical (unpaired) electrons. The lowest BCUT2D eigenvalue weighted by Gasteiger charge is -2.36. The second-order valence-electron chi connectivity index (χ2n) is 7.38. The van der Waals surface area contributed by atoms with Crippen molar-refractivity contribution in [2.24, 2.45) is 0 Å². The summed E-state index contributed by atoms with van der Waals surface area (Å²) in [5, 5.41) is 15.4. The maximum Gasteiger partial charge on any atom is 0.323 e. The second kappa shape index (κ2) is 8.73. The van der Waals surface area contributed by atoms with Crippen LogP contribution in [0.3, 0.4) is 0 Å². The van der Waals surface area contributed by atoms with Crippen LogP contribution in [-0.2, 0) is 14.3 Å². The number of methoxy groups -OCH3 is 1. The van der Waals surface area contributed by atoms with E-state index >= 15 is 0 Å². The van der Waals surface area contributed by atoms with Crippen molar-refractivity contribution in [2.45, 2.75) is 37.1 Å². The number of fused-ring (bicyclic) bond motifs is 3. The Morgan fingerprint density at radius 1 is 1.13 bits per heavy atom. The molecular formula is C22H24N2O6. The summed E-state index contributed by atoms with van der Waals surface area (Å²) in [5.74, 6) is 0.279. The molecule has 0 spiro atoms. The van der Waals surface area contributed by atoms with Gasteiger partial charge in [0, 0.05) is 22.9 Å². The van der Waals surface area contributed by atoms with Gasteiger partial charge in [-0.05, 0) is 36.8 Å². The summed E-state index contributed by atoms with van der Waals surface area (Å²) in [4.78, 5) is 24.0. The summed E-state index contributed by atoms with van der Waals surface area (Å²) >= 11 is 0. The first-order chi connectivity index (χ1) is 14.6. The number of hydrogen-bond donors (Lipinski definition) is 3. The third-order valence-electron chi connectivity index (χ3n) is 5.41. The highest BCUT2D eigenvalue weighted by atomic mass is 16.6. The lowest BCUT2D eigenvalue weighted by Crippen LogP contribution is -2.46. The number of hydrogen-bond acceptors (Lipinski definition) is 6. The third kappa shape index (κ3) is 4.24. The van der Waals surface area contributed by atoms with Crippen LogP contribution < -0.4 is 15.4 Å². The number of aliphatic hydroxyl groups excluding tert-OH is 1. The van der Waals surface area contributed by atoms with Crippen LogP contribution in [0.25, 0.3) is 0 Å². The zero-order chi connectivity index (χ0) is 21.1. The number of ether oxygens (including phenoxy) is 3.